The summed E-state index contributed by atoms with van der Waals surface area (Å²) in [5, 5.41) is -0.361. The monoisotopic (exact) mass is 118 g/mol. The molecule has 0 aromatic rings. The van der Waals surface area contributed by atoms with Crippen molar-refractivity contribution >= 4 is 16.8 Å². The molecule has 0 bridgehead atoms. The van der Waals surface area contributed by atoms with Crippen molar-refractivity contribution in [1.82, 2.24) is 0 Å². The maximum atomic E-state index is 9.21. The largest absolute Gasteiger partial charge is 0.282 e. The van der Waals surface area contributed by atoms with E-state index in [-0.39, 0.29) is 43.0 Å². The fourth-order valence-corrected chi connectivity index (χ4v) is 0. The van der Waals surface area contributed by atoms with Gasteiger partial charge in [-0.25, -0.2) is 0 Å². The molecule has 0 aliphatic rings. The molecule has 0 aromatic heterocycles. The normalized spacial score (nSPS) is 5.20. The van der Waals surface area contributed by atoms with E-state index in [0.717, 1.165) is 0 Å². The van der Waals surface area contributed by atoms with Crippen LogP contribution in [-0.2, 0) is 4.79 Å². The third-order valence-electron chi connectivity index (χ3n) is 0. The zero-order valence-corrected chi connectivity index (χ0v) is 4.10. The molecule has 0 aromatic carbocycles. The van der Waals surface area contributed by atoms with Crippen molar-refractivity contribution in [3.05, 3.63) is 0 Å². The number of hydrogen-bond acceptors (Lipinski definition) is 1. The Morgan fingerprint density at radius 2 is 1.80 bits per heavy atom. The van der Waals surface area contributed by atoms with Gasteiger partial charge in [0.1, 0.15) is 0 Å². The van der Waals surface area contributed by atoms with Gasteiger partial charge in [-0.1, -0.05) is 0 Å². The molecule has 0 radical (unpaired) electrons. The number of carbonyl (C=O) groups is 1. The summed E-state index contributed by atoms with van der Waals surface area (Å²) in [4.78, 5) is 9.21. The maximum absolute atomic E-state index is 9.21. The van der Waals surface area contributed by atoms with Crippen LogP contribution in [0.4, 0.5) is 0 Å². The fraction of sp³-hybridized carbons (Fsp3) is 0.500. The smallest absolute Gasteiger partial charge is 0.218 e. The quantitative estimate of drug-likeness (QED) is 0.430. The Labute approximate surface area is 65.7 Å². The van der Waals surface area contributed by atoms with Gasteiger partial charge in [0.2, 0.25) is 5.24 Å². The van der Waals surface area contributed by atoms with E-state index < -0.39 is 0 Å². The molecule has 0 saturated carbocycles. The second kappa shape index (κ2) is 5.22. The molecule has 0 unspecified atom stereocenters. The maximum Gasteiger partial charge on any atom is 0.218 e. The van der Waals surface area contributed by atoms with Crippen molar-refractivity contribution in [2.24, 2.45) is 0 Å². The van der Waals surface area contributed by atoms with Crippen molar-refractivity contribution in [2.75, 3.05) is 0 Å². The standard InChI is InChI=1S/C2H3ClO.Ar/c1-2(3)4;/h1H3;. The van der Waals surface area contributed by atoms with Gasteiger partial charge in [0, 0.05) is 44.7 Å². The molecule has 1 nitrogen and oxygen atoms in total. The topological polar surface area (TPSA) is 17.1 Å². The first-order valence-electron chi connectivity index (χ1n) is 0.893. The van der Waals surface area contributed by atoms with Crippen LogP contribution in [0.15, 0.2) is 0 Å². The molecule has 0 heterocycles. The zero-order valence-electron chi connectivity index (χ0n) is 2.64. The summed E-state index contributed by atoms with van der Waals surface area (Å²) in [7, 11) is 0. The van der Waals surface area contributed by atoms with Crippen LogP contribution in [0.5, 0.6) is 0 Å². The molecule has 0 fully saturated rings. The second-order valence-corrected chi connectivity index (χ2v) is 1.00. The molecule has 0 atom stereocenters. The number of hydrogen-bond donors (Lipinski definition) is 0. The summed E-state index contributed by atoms with van der Waals surface area (Å²) in [5.41, 5.74) is 0. The van der Waals surface area contributed by atoms with Crippen molar-refractivity contribution in [3.8, 4) is 0 Å². The summed E-state index contributed by atoms with van der Waals surface area (Å²) in [6.07, 6.45) is 0. The van der Waals surface area contributed by atoms with Crippen LogP contribution in [0, 0.1) is 37.7 Å². The van der Waals surface area contributed by atoms with Gasteiger partial charge in [-0.3, -0.25) is 4.79 Å². The first kappa shape index (κ1) is 9.52. The summed E-state index contributed by atoms with van der Waals surface area (Å²) < 4.78 is 0. The summed E-state index contributed by atoms with van der Waals surface area (Å²) in [5.74, 6) is 0. The molecule has 5 heavy (non-hydrogen) atoms. The van der Waals surface area contributed by atoms with E-state index in [9.17, 15) is 4.79 Å². The van der Waals surface area contributed by atoms with Crippen LogP contribution < -0.4 is 0 Å². The van der Waals surface area contributed by atoms with Crippen LogP contribution >= 0.6 is 11.6 Å². The fourth-order valence-electron chi connectivity index (χ4n) is 0. The first-order valence-corrected chi connectivity index (χ1v) is 1.27. The average Bonchev–Trinajstić information content (AvgIpc) is 0.811. The molecule has 0 amide bonds. The van der Waals surface area contributed by atoms with Crippen molar-refractivity contribution in [2.45, 2.75) is 6.92 Å². The SMILES string of the molecule is CC(=O)Cl.[Ar]. The van der Waals surface area contributed by atoms with Crippen molar-refractivity contribution in [1.29, 1.82) is 0 Å². The van der Waals surface area contributed by atoms with Gasteiger partial charge >= 0.3 is 0 Å². The number of halogens is 1. The summed E-state index contributed by atoms with van der Waals surface area (Å²) in [6, 6.07) is 0. The summed E-state index contributed by atoms with van der Waals surface area (Å²) >= 11 is 4.64. The minimum Gasteiger partial charge on any atom is -0.282 e. The minimum atomic E-state index is -0.361. The Hall–Kier alpha value is 1.22. The molecule has 0 aliphatic carbocycles. The second-order valence-electron chi connectivity index (χ2n) is 0.470. The van der Waals surface area contributed by atoms with Crippen LogP contribution in [0.2, 0.25) is 0 Å². The van der Waals surface area contributed by atoms with Gasteiger partial charge in [0.25, 0.3) is 0 Å². The molecule has 32 valence electrons. The predicted molar refractivity (Wildman–Crippen MR) is 16.5 cm³/mol. The van der Waals surface area contributed by atoms with E-state index in [0.29, 0.717) is 0 Å². The Bertz CT molecular complexity index is 32.6. The van der Waals surface area contributed by atoms with E-state index in [1.54, 1.807) is 0 Å². The number of rotatable bonds is 0. The third-order valence-corrected chi connectivity index (χ3v) is 0. The molecule has 0 rings (SSSR count). The van der Waals surface area contributed by atoms with E-state index in [1.165, 1.54) is 6.92 Å². The van der Waals surface area contributed by atoms with Crippen LogP contribution in [0.1, 0.15) is 6.92 Å². The summed E-state index contributed by atoms with van der Waals surface area (Å²) in [6.45, 7) is 1.29. The molecule has 0 aliphatic heterocycles. The Morgan fingerprint density at radius 3 is 1.80 bits per heavy atom. The first-order chi connectivity index (χ1) is 1.73. The van der Waals surface area contributed by atoms with E-state index in [4.69, 9.17) is 0 Å². The van der Waals surface area contributed by atoms with Gasteiger partial charge < -0.3 is 0 Å². The molecule has 0 N–H and O–H groups in total. The van der Waals surface area contributed by atoms with Crippen LogP contribution in [0.3, 0.4) is 0 Å². The Kier molecular flexibility index (Phi) is 9.94. The van der Waals surface area contributed by atoms with E-state index in [2.05, 4.69) is 11.6 Å². The van der Waals surface area contributed by atoms with Crippen molar-refractivity contribution < 1.29 is 42.5 Å². The van der Waals surface area contributed by atoms with Gasteiger partial charge in [-0.05, 0) is 11.6 Å². The van der Waals surface area contributed by atoms with E-state index in [1.807, 2.05) is 0 Å². The predicted octanol–water partition coefficient (Wildman–Crippen LogP) is 0.772. The zero-order chi connectivity index (χ0) is 3.58. The van der Waals surface area contributed by atoms with Gasteiger partial charge in [0.15, 0.2) is 0 Å². The third kappa shape index (κ3) is 36.4. The van der Waals surface area contributed by atoms with Crippen molar-refractivity contribution in [3.63, 3.8) is 0 Å². The molecule has 3 heteroatoms. The minimum absolute atomic E-state index is 0. The Balaban J connectivity index is 0. The van der Waals surface area contributed by atoms with Gasteiger partial charge in [-0.2, -0.15) is 0 Å². The molecular weight excluding hydrogens is 115 g/mol. The van der Waals surface area contributed by atoms with Crippen LogP contribution in [0.25, 0.3) is 0 Å². The van der Waals surface area contributed by atoms with E-state index >= 15 is 0 Å². The molecule has 0 saturated heterocycles. The Morgan fingerprint density at radius 1 is 1.80 bits per heavy atom. The molecular formula is C2H3ArClO. The number of carbonyl (C=O) groups excluding carboxylic acids is 1. The molecule has 0 spiro atoms. The average molecular weight is 118 g/mol. The van der Waals surface area contributed by atoms with Gasteiger partial charge in [-0.15, -0.1) is 0 Å². The van der Waals surface area contributed by atoms with Crippen LogP contribution in [-0.4, -0.2) is 5.24 Å². The van der Waals surface area contributed by atoms with Gasteiger partial charge in [0.05, 0.1) is 0 Å².